The highest BCUT2D eigenvalue weighted by Gasteiger charge is 1.87. The SMILES string of the molecule is C#CCOCCNC(N)=NC. The van der Waals surface area contributed by atoms with E-state index in [2.05, 4.69) is 16.2 Å². The Bertz CT molecular complexity index is 160. The molecule has 0 bridgehead atoms. The fourth-order valence-corrected chi connectivity index (χ4v) is 0.461. The summed E-state index contributed by atoms with van der Waals surface area (Å²) in [4.78, 5) is 3.69. The van der Waals surface area contributed by atoms with E-state index >= 15 is 0 Å². The van der Waals surface area contributed by atoms with Crippen LogP contribution in [0.2, 0.25) is 0 Å². The molecule has 0 aliphatic rings. The first-order chi connectivity index (χ1) is 5.31. The van der Waals surface area contributed by atoms with Gasteiger partial charge >= 0.3 is 0 Å². The van der Waals surface area contributed by atoms with Gasteiger partial charge in [-0.1, -0.05) is 5.92 Å². The van der Waals surface area contributed by atoms with Crippen LogP contribution in [-0.2, 0) is 4.74 Å². The third-order valence-corrected chi connectivity index (χ3v) is 0.979. The summed E-state index contributed by atoms with van der Waals surface area (Å²) in [6.45, 7) is 1.51. The molecule has 0 radical (unpaired) electrons. The minimum Gasteiger partial charge on any atom is -0.370 e. The highest BCUT2D eigenvalue weighted by atomic mass is 16.5. The van der Waals surface area contributed by atoms with E-state index in [-0.39, 0.29) is 0 Å². The van der Waals surface area contributed by atoms with Gasteiger partial charge in [0.2, 0.25) is 0 Å². The number of nitrogens with two attached hydrogens (primary N) is 1. The topological polar surface area (TPSA) is 59.6 Å². The van der Waals surface area contributed by atoms with E-state index < -0.39 is 0 Å². The summed E-state index contributed by atoms with van der Waals surface area (Å²) < 4.78 is 4.97. The van der Waals surface area contributed by atoms with Crippen LogP contribution in [0.3, 0.4) is 0 Å². The maximum Gasteiger partial charge on any atom is 0.188 e. The van der Waals surface area contributed by atoms with E-state index in [1.807, 2.05) is 0 Å². The minimum absolute atomic E-state index is 0.338. The number of nitrogens with one attached hydrogen (secondary N) is 1. The Morgan fingerprint density at radius 2 is 2.55 bits per heavy atom. The minimum atomic E-state index is 0.338. The Hall–Kier alpha value is -1.21. The lowest BCUT2D eigenvalue weighted by atomic mass is 10.6. The van der Waals surface area contributed by atoms with Crippen molar-refractivity contribution < 1.29 is 4.74 Å². The fourth-order valence-electron chi connectivity index (χ4n) is 0.461. The molecule has 0 saturated carbocycles. The Kier molecular flexibility index (Phi) is 6.14. The Balaban J connectivity index is 3.10. The molecule has 4 nitrogen and oxygen atoms in total. The second-order valence-corrected chi connectivity index (χ2v) is 1.79. The largest absolute Gasteiger partial charge is 0.370 e. The standard InChI is InChI=1S/C7H13N3O/c1-3-5-11-6-4-10-7(8)9-2/h1H,4-6H2,2H3,(H3,8,9,10). The van der Waals surface area contributed by atoms with Crippen molar-refractivity contribution in [1.82, 2.24) is 5.32 Å². The molecule has 0 aromatic heterocycles. The van der Waals surface area contributed by atoms with Gasteiger partial charge in [0.1, 0.15) is 6.61 Å². The molecule has 0 spiro atoms. The van der Waals surface area contributed by atoms with Crippen LogP contribution < -0.4 is 11.1 Å². The van der Waals surface area contributed by atoms with E-state index in [4.69, 9.17) is 16.9 Å². The van der Waals surface area contributed by atoms with Gasteiger partial charge < -0.3 is 15.8 Å². The van der Waals surface area contributed by atoms with E-state index in [1.54, 1.807) is 7.05 Å². The first kappa shape index (κ1) is 9.79. The van der Waals surface area contributed by atoms with Gasteiger partial charge in [0.05, 0.1) is 6.61 Å². The van der Waals surface area contributed by atoms with Gasteiger partial charge in [0.25, 0.3) is 0 Å². The fraction of sp³-hybridized carbons (Fsp3) is 0.571. The van der Waals surface area contributed by atoms with Crippen molar-refractivity contribution in [2.75, 3.05) is 26.8 Å². The molecule has 3 N–H and O–H groups in total. The lowest BCUT2D eigenvalue weighted by Crippen LogP contribution is -2.33. The zero-order chi connectivity index (χ0) is 8.53. The molecule has 4 heteroatoms. The second-order valence-electron chi connectivity index (χ2n) is 1.79. The number of hydrogen-bond acceptors (Lipinski definition) is 2. The Morgan fingerprint density at radius 1 is 1.82 bits per heavy atom. The molecule has 0 aromatic carbocycles. The van der Waals surface area contributed by atoms with Crippen LogP contribution >= 0.6 is 0 Å². The van der Waals surface area contributed by atoms with Gasteiger partial charge in [-0.3, -0.25) is 4.99 Å². The molecule has 0 aliphatic heterocycles. The lowest BCUT2D eigenvalue weighted by Gasteiger charge is -2.03. The Morgan fingerprint density at radius 3 is 3.09 bits per heavy atom. The van der Waals surface area contributed by atoms with Gasteiger partial charge in [0, 0.05) is 13.6 Å². The highest BCUT2D eigenvalue weighted by molar-refractivity contribution is 5.77. The zero-order valence-corrected chi connectivity index (χ0v) is 6.63. The number of aliphatic imine (C=N–C) groups is 1. The molecule has 62 valence electrons. The molecule has 0 aliphatic carbocycles. The summed E-state index contributed by atoms with van der Waals surface area (Å²) >= 11 is 0. The molecule has 0 amide bonds. The number of ether oxygens (including phenoxy) is 1. The summed E-state index contributed by atoms with van der Waals surface area (Å²) in [5.41, 5.74) is 5.33. The number of rotatable bonds is 4. The van der Waals surface area contributed by atoms with Crippen LogP contribution in [0.25, 0.3) is 0 Å². The van der Waals surface area contributed by atoms with Crippen molar-refractivity contribution in [3.63, 3.8) is 0 Å². The van der Waals surface area contributed by atoms with E-state index in [9.17, 15) is 0 Å². The molecule has 0 saturated heterocycles. The van der Waals surface area contributed by atoms with Crippen molar-refractivity contribution in [2.24, 2.45) is 10.7 Å². The molecule has 0 atom stereocenters. The summed E-state index contributed by atoms with van der Waals surface area (Å²) in [5, 5.41) is 2.83. The highest BCUT2D eigenvalue weighted by Crippen LogP contribution is 1.69. The summed E-state index contributed by atoms with van der Waals surface area (Å²) in [7, 11) is 1.62. The average molecular weight is 155 g/mol. The number of nitrogens with zero attached hydrogens (tertiary/aromatic N) is 1. The quantitative estimate of drug-likeness (QED) is 0.241. The smallest absolute Gasteiger partial charge is 0.188 e. The molecular formula is C7H13N3O. The molecule has 0 unspecified atom stereocenters. The van der Waals surface area contributed by atoms with Crippen molar-refractivity contribution in [3.05, 3.63) is 0 Å². The Labute approximate surface area is 66.8 Å². The number of guanidine groups is 1. The van der Waals surface area contributed by atoms with E-state index in [0.29, 0.717) is 25.7 Å². The second kappa shape index (κ2) is 6.90. The third kappa shape index (κ3) is 6.68. The molecular weight excluding hydrogens is 142 g/mol. The van der Waals surface area contributed by atoms with Crippen LogP contribution in [0.4, 0.5) is 0 Å². The summed E-state index contributed by atoms with van der Waals surface area (Å²) in [6.07, 6.45) is 4.95. The van der Waals surface area contributed by atoms with E-state index in [1.165, 1.54) is 0 Å². The summed E-state index contributed by atoms with van der Waals surface area (Å²) in [6, 6.07) is 0. The normalized spacial score (nSPS) is 10.7. The molecule has 0 aromatic rings. The van der Waals surface area contributed by atoms with Crippen LogP contribution in [0, 0.1) is 12.3 Å². The first-order valence-corrected chi connectivity index (χ1v) is 3.28. The van der Waals surface area contributed by atoms with Crippen LogP contribution in [-0.4, -0.2) is 32.8 Å². The molecule has 0 rings (SSSR count). The number of hydrogen-bond donors (Lipinski definition) is 2. The average Bonchev–Trinajstić information content (AvgIpc) is 2.04. The van der Waals surface area contributed by atoms with Gasteiger partial charge in [-0.25, -0.2) is 0 Å². The van der Waals surface area contributed by atoms with Crippen LogP contribution in [0.5, 0.6) is 0 Å². The van der Waals surface area contributed by atoms with Gasteiger partial charge in [-0.15, -0.1) is 6.42 Å². The van der Waals surface area contributed by atoms with Crippen molar-refractivity contribution >= 4 is 5.96 Å². The maximum absolute atomic E-state index is 5.33. The van der Waals surface area contributed by atoms with Crippen molar-refractivity contribution in [1.29, 1.82) is 0 Å². The molecule has 11 heavy (non-hydrogen) atoms. The predicted octanol–water partition coefficient (Wildman–Crippen LogP) is -0.830. The zero-order valence-electron chi connectivity index (χ0n) is 6.63. The first-order valence-electron chi connectivity index (χ1n) is 3.28. The van der Waals surface area contributed by atoms with E-state index in [0.717, 1.165) is 0 Å². The predicted molar refractivity (Wildman–Crippen MR) is 45.2 cm³/mol. The maximum atomic E-state index is 5.33. The van der Waals surface area contributed by atoms with Gasteiger partial charge in [-0.2, -0.15) is 0 Å². The summed E-state index contributed by atoms with van der Waals surface area (Å²) in [5.74, 6) is 2.77. The van der Waals surface area contributed by atoms with Crippen molar-refractivity contribution in [3.8, 4) is 12.3 Å². The lowest BCUT2D eigenvalue weighted by molar-refractivity contribution is 0.172. The van der Waals surface area contributed by atoms with Crippen LogP contribution in [0.1, 0.15) is 0 Å². The number of terminal acetylenes is 1. The van der Waals surface area contributed by atoms with Gasteiger partial charge in [0.15, 0.2) is 5.96 Å². The molecule has 0 fully saturated rings. The van der Waals surface area contributed by atoms with Gasteiger partial charge in [-0.05, 0) is 0 Å². The monoisotopic (exact) mass is 155 g/mol. The third-order valence-electron chi connectivity index (χ3n) is 0.979. The molecule has 0 heterocycles. The van der Waals surface area contributed by atoms with Crippen LogP contribution in [0.15, 0.2) is 4.99 Å². The van der Waals surface area contributed by atoms with Crippen molar-refractivity contribution in [2.45, 2.75) is 0 Å².